The van der Waals surface area contributed by atoms with Crippen LogP contribution in [0.5, 0.6) is 0 Å². The first kappa shape index (κ1) is 18.4. The molecule has 3 rings (SSSR count). The van der Waals surface area contributed by atoms with E-state index in [4.69, 9.17) is 9.47 Å². The minimum Gasteiger partial charge on any atom is -0.379 e. The molecule has 6 nitrogen and oxygen atoms in total. The Morgan fingerprint density at radius 1 is 1.19 bits per heavy atom. The van der Waals surface area contributed by atoms with Crippen molar-refractivity contribution in [2.45, 2.75) is 38.1 Å². The Bertz CT molecular complexity index is 760. The van der Waals surface area contributed by atoms with Crippen molar-refractivity contribution < 1.29 is 14.3 Å². The fourth-order valence-corrected chi connectivity index (χ4v) is 2.97. The number of carbonyl (C=O) groups is 1. The second kappa shape index (κ2) is 9.31. The molecule has 1 amide bonds. The van der Waals surface area contributed by atoms with Gasteiger partial charge < -0.3 is 19.4 Å². The molecule has 1 aromatic heterocycles. The molecule has 1 aliphatic rings. The Morgan fingerprint density at radius 2 is 2.00 bits per heavy atom. The number of hydrogen-bond acceptors (Lipinski definition) is 4. The van der Waals surface area contributed by atoms with Gasteiger partial charge >= 0.3 is 0 Å². The third kappa shape index (κ3) is 5.28. The van der Waals surface area contributed by atoms with E-state index in [0.29, 0.717) is 26.4 Å². The maximum Gasteiger partial charge on any atom is 0.250 e. The van der Waals surface area contributed by atoms with Crippen molar-refractivity contribution in [2.75, 3.05) is 13.2 Å². The van der Waals surface area contributed by atoms with Crippen LogP contribution in [0.4, 0.5) is 0 Å². The van der Waals surface area contributed by atoms with Crippen LogP contribution in [0.2, 0.25) is 0 Å². The van der Waals surface area contributed by atoms with Gasteiger partial charge in [0, 0.05) is 31.8 Å². The Kier molecular flexibility index (Phi) is 6.57. The quantitative estimate of drug-likeness (QED) is 0.820. The Labute approximate surface area is 152 Å². The molecule has 0 bridgehead atoms. The summed E-state index contributed by atoms with van der Waals surface area (Å²) in [4.78, 5) is 24.0. The molecule has 0 spiro atoms. The minimum atomic E-state index is -0.174. The van der Waals surface area contributed by atoms with Crippen molar-refractivity contribution in [1.29, 1.82) is 0 Å². The van der Waals surface area contributed by atoms with Crippen LogP contribution in [0.15, 0.2) is 59.5 Å². The van der Waals surface area contributed by atoms with E-state index in [9.17, 15) is 9.59 Å². The van der Waals surface area contributed by atoms with Crippen molar-refractivity contribution in [1.82, 2.24) is 9.88 Å². The molecule has 1 aromatic carbocycles. The summed E-state index contributed by atoms with van der Waals surface area (Å²) in [5.41, 5.74) is 0.988. The van der Waals surface area contributed by atoms with Gasteiger partial charge in [-0.3, -0.25) is 9.59 Å². The fraction of sp³-hybridized carbons (Fsp3) is 0.400. The van der Waals surface area contributed by atoms with Gasteiger partial charge in [-0.25, -0.2) is 0 Å². The number of carbonyl (C=O) groups excluding carboxylic acids is 1. The molecule has 0 radical (unpaired) electrons. The minimum absolute atomic E-state index is 0.0764. The molecule has 138 valence electrons. The van der Waals surface area contributed by atoms with E-state index in [1.807, 2.05) is 30.3 Å². The zero-order valence-electron chi connectivity index (χ0n) is 14.7. The number of aromatic nitrogens is 1. The van der Waals surface area contributed by atoms with Crippen LogP contribution in [-0.2, 0) is 27.4 Å². The molecule has 1 saturated heterocycles. The lowest BCUT2D eigenvalue weighted by Gasteiger charge is -2.32. The second-order valence-electron chi connectivity index (χ2n) is 6.35. The van der Waals surface area contributed by atoms with Crippen molar-refractivity contribution in [2.24, 2.45) is 0 Å². The molecule has 0 aliphatic carbocycles. The van der Waals surface area contributed by atoms with Gasteiger partial charge in [0.15, 0.2) is 0 Å². The first-order valence-corrected chi connectivity index (χ1v) is 8.90. The number of rotatable bonds is 7. The lowest BCUT2D eigenvalue weighted by Crippen LogP contribution is -2.50. The molecule has 1 aliphatic heterocycles. The largest absolute Gasteiger partial charge is 0.379 e. The summed E-state index contributed by atoms with van der Waals surface area (Å²) in [6.07, 6.45) is 2.49. The maximum atomic E-state index is 12.3. The Balaban J connectivity index is 1.50. The van der Waals surface area contributed by atoms with Crippen molar-refractivity contribution in [3.05, 3.63) is 70.6 Å². The molecule has 0 saturated carbocycles. The van der Waals surface area contributed by atoms with Crippen LogP contribution in [0.25, 0.3) is 0 Å². The van der Waals surface area contributed by atoms with Gasteiger partial charge in [0.05, 0.1) is 19.3 Å². The van der Waals surface area contributed by atoms with Crippen LogP contribution in [0.1, 0.15) is 18.4 Å². The Morgan fingerprint density at radius 3 is 2.81 bits per heavy atom. The fourth-order valence-electron chi connectivity index (χ4n) is 2.97. The van der Waals surface area contributed by atoms with Gasteiger partial charge in [0.2, 0.25) is 5.91 Å². The van der Waals surface area contributed by atoms with E-state index in [-0.39, 0.29) is 30.0 Å². The van der Waals surface area contributed by atoms with Crippen LogP contribution in [-0.4, -0.2) is 35.8 Å². The number of ether oxygens (including phenoxy) is 2. The number of nitrogens with one attached hydrogen (secondary N) is 1. The van der Waals surface area contributed by atoms with Crippen molar-refractivity contribution >= 4 is 5.91 Å². The highest BCUT2D eigenvalue weighted by Crippen LogP contribution is 2.14. The average Bonchev–Trinajstić information content (AvgIpc) is 2.67. The molecule has 0 unspecified atom stereocenters. The molecule has 2 atom stereocenters. The van der Waals surface area contributed by atoms with Gasteiger partial charge in [0.1, 0.15) is 6.10 Å². The maximum absolute atomic E-state index is 12.3. The summed E-state index contributed by atoms with van der Waals surface area (Å²) in [6.45, 7) is 1.93. The number of aryl methyl sites for hydroxylation is 1. The van der Waals surface area contributed by atoms with Crippen LogP contribution in [0.3, 0.4) is 0 Å². The van der Waals surface area contributed by atoms with Crippen LogP contribution in [0, 0.1) is 0 Å². The zero-order valence-corrected chi connectivity index (χ0v) is 14.7. The number of amides is 1. The molecule has 1 N–H and O–H groups in total. The Hall–Kier alpha value is -2.44. The highest BCUT2D eigenvalue weighted by Gasteiger charge is 2.27. The number of hydrogen-bond donors (Lipinski definition) is 1. The predicted molar refractivity (Wildman–Crippen MR) is 97.7 cm³/mol. The van der Waals surface area contributed by atoms with E-state index in [0.717, 1.165) is 12.0 Å². The first-order chi connectivity index (χ1) is 12.7. The average molecular weight is 356 g/mol. The summed E-state index contributed by atoms with van der Waals surface area (Å²) >= 11 is 0. The molecule has 2 aromatic rings. The highest BCUT2D eigenvalue weighted by molar-refractivity contribution is 5.76. The molecular formula is C20H24N2O4. The van der Waals surface area contributed by atoms with Gasteiger partial charge in [-0.05, 0) is 18.1 Å². The third-order valence-electron chi connectivity index (χ3n) is 4.44. The van der Waals surface area contributed by atoms with Crippen LogP contribution < -0.4 is 10.9 Å². The molecule has 1 fully saturated rings. The van der Waals surface area contributed by atoms with Crippen molar-refractivity contribution in [3.63, 3.8) is 0 Å². The molecule has 6 heteroatoms. The summed E-state index contributed by atoms with van der Waals surface area (Å²) in [6, 6.07) is 14.8. The van der Waals surface area contributed by atoms with Gasteiger partial charge in [0.25, 0.3) is 5.56 Å². The monoisotopic (exact) mass is 356 g/mol. The normalized spacial score (nSPS) is 19.8. The molecule has 2 heterocycles. The zero-order chi connectivity index (χ0) is 18.2. The van der Waals surface area contributed by atoms with Crippen molar-refractivity contribution in [3.8, 4) is 0 Å². The van der Waals surface area contributed by atoms with E-state index >= 15 is 0 Å². The third-order valence-corrected chi connectivity index (χ3v) is 4.44. The standard InChI is InChI=1S/C20H24N2O4/c23-19(9-12-22-11-5-4-8-20(22)24)21-17-10-13-25-15-18(17)26-14-16-6-2-1-3-7-16/h1-8,11,17-18H,9-10,12-15H2,(H,21,23)/t17-,18-/m1/s1. The molecular weight excluding hydrogens is 332 g/mol. The van der Waals surface area contributed by atoms with Gasteiger partial charge in [-0.15, -0.1) is 0 Å². The van der Waals surface area contributed by atoms with Gasteiger partial charge in [-0.2, -0.15) is 0 Å². The van der Waals surface area contributed by atoms with Crippen LogP contribution >= 0.6 is 0 Å². The summed E-state index contributed by atoms with van der Waals surface area (Å²) in [5.74, 6) is -0.0824. The number of nitrogens with zero attached hydrogens (tertiary/aromatic N) is 1. The summed E-state index contributed by atoms with van der Waals surface area (Å²) in [7, 11) is 0. The van der Waals surface area contributed by atoms with E-state index in [1.54, 1.807) is 18.3 Å². The number of benzene rings is 1. The first-order valence-electron chi connectivity index (χ1n) is 8.90. The summed E-state index contributed by atoms with van der Waals surface area (Å²) in [5, 5.41) is 3.04. The number of pyridine rings is 1. The highest BCUT2D eigenvalue weighted by atomic mass is 16.5. The van der Waals surface area contributed by atoms with E-state index in [1.165, 1.54) is 10.6 Å². The lowest BCUT2D eigenvalue weighted by molar-refractivity contribution is -0.126. The van der Waals surface area contributed by atoms with E-state index < -0.39 is 0 Å². The predicted octanol–water partition coefficient (Wildman–Crippen LogP) is 1.73. The SMILES string of the molecule is O=C(CCn1ccccc1=O)N[C@@H]1CCOC[C@H]1OCc1ccccc1. The topological polar surface area (TPSA) is 69.6 Å². The van der Waals surface area contributed by atoms with E-state index in [2.05, 4.69) is 5.32 Å². The second-order valence-corrected chi connectivity index (χ2v) is 6.35. The van der Waals surface area contributed by atoms with Gasteiger partial charge in [-0.1, -0.05) is 36.4 Å². The molecule has 26 heavy (non-hydrogen) atoms. The smallest absolute Gasteiger partial charge is 0.250 e. The summed E-state index contributed by atoms with van der Waals surface area (Å²) < 4.78 is 13.0. The lowest BCUT2D eigenvalue weighted by atomic mass is 10.1.